The second-order valence-corrected chi connectivity index (χ2v) is 9.52. The second-order valence-electron chi connectivity index (χ2n) is 9.52. The molecule has 1 unspecified atom stereocenters. The summed E-state index contributed by atoms with van der Waals surface area (Å²) < 4.78 is 0. The van der Waals surface area contributed by atoms with E-state index in [1.807, 2.05) is 60.4 Å². The van der Waals surface area contributed by atoms with Crippen LogP contribution in [0.3, 0.4) is 0 Å². The molecule has 1 atom stereocenters. The first-order valence-corrected chi connectivity index (χ1v) is 12.8. The molecular weight excluding hydrogens is 436 g/mol. The van der Waals surface area contributed by atoms with Crippen molar-refractivity contribution in [2.45, 2.75) is 71.6 Å². The van der Waals surface area contributed by atoms with Crippen molar-refractivity contribution in [1.29, 1.82) is 0 Å². The minimum absolute atomic E-state index is 0.0828. The van der Waals surface area contributed by atoms with Gasteiger partial charge in [-0.2, -0.15) is 0 Å². The van der Waals surface area contributed by atoms with Crippen LogP contribution in [0.2, 0.25) is 0 Å². The Morgan fingerprint density at radius 1 is 1.14 bits per heavy atom. The molecule has 3 rings (SSSR count). The summed E-state index contributed by atoms with van der Waals surface area (Å²) in [5.74, 6) is -0.206. The van der Waals surface area contributed by atoms with E-state index in [2.05, 4.69) is 36.0 Å². The summed E-state index contributed by atoms with van der Waals surface area (Å²) in [6.07, 6.45) is 5.56. The minimum Gasteiger partial charge on any atom is -0.348 e. The lowest BCUT2D eigenvalue weighted by Crippen LogP contribution is -2.50. The lowest BCUT2D eigenvalue weighted by atomic mass is 9.99. The Morgan fingerprint density at radius 2 is 1.86 bits per heavy atom. The first-order chi connectivity index (χ1) is 16.9. The fourth-order valence-corrected chi connectivity index (χ4v) is 4.85. The quantitative estimate of drug-likeness (QED) is 0.446. The summed E-state index contributed by atoms with van der Waals surface area (Å²) >= 11 is 0. The average molecular weight is 477 g/mol. The highest BCUT2D eigenvalue weighted by Crippen LogP contribution is 2.24. The molecule has 0 radical (unpaired) electrons. The molecule has 3 amide bonds. The van der Waals surface area contributed by atoms with E-state index in [9.17, 15) is 9.59 Å². The number of aryl methyl sites for hydroxylation is 1. The van der Waals surface area contributed by atoms with E-state index in [4.69, 9.17) is 0 Å². The number of nitrogens with one attached hydrogen (secondary N) is 2. The molecule has 1 aliphatic heterocycles. The lowest BCUT2D eigenvalue weighted by Gasteiger charge is -2.41. The molecule has 35 heavy (non-hydrogen) atoms. The predicted molar refractivity (Wildman–Crippen MR) is 143 cm³/mol. The number of anilines is 1. The molecule has 2 N–H and O–H groups in total. The predicted octanol–water partition coefficient (Wildman–Crippen LogP) is 5.48. The zero-order valence-electron chi connectivity index (χ0n) is 21.4. The Morgan fingerprint density at radius 3 is 2.51 bits per heavy atom. The topological polar surface area (TPSA) is 64.7 Å². The summed E-state index contributed by atoms with van der Waals surface area (Å²) in [5.41, 5.74) is 3.96. The van der Waals surface area contributed by atoms with Crippen LogP contribution in [0, 0.1) is 6.92 Å². The molecule has 1 aliphatic rings. The van der Waals surface area contributed by atoms with Crippen LogP contribution < -0.4 is 10.6 Å². The molecule has 1 heterocycles. The summed E-state index contributed by atoms with van der Waals surface area (Å²) in [5, 5.41) is 5.99. The van der Waals surface area contributed by atoms with Crippen LogP contribution in [-0.2, 0) is 17.9 Å². The van der Waals surface area contributed by atoms with Crippen LogP contribution in [0.5, 0.6) is 0 Å². The van der Waals surface area contributed by atoms with E-state index in [0.29, 0.717) is 19.1 Å². The molecule has 2 aromatic rings. The summed E-state index contributed by atoms with van der Waals surface area (Å²) in [4.78, 5) is 29.9. The molecule has 0 aromatic heterocycles. The normalized spacial score (nSPS) is 15.3. The van der Waals surface area contributed by atoms with E-state index < -0.39 is 0 Å². The molecule has 0 bridgehead atoms. The molecule has 0 aliphatic carbocycles. The molecular formula is C29H40N4O2. The number of carbonyl (C=O) groups is 2. The zero-order valence-corrected chi connectivity index (χ0v) is 21.4. The Labute approximate surface area is 210 Å². The van der Waals surface area contributed by atoms with Crippen molar-refractivity contribution in [2.75, 3.05) is 18.4 Å². The Hall–Kier alpha value is -3.12. The van der Waals surface area contributed by atoms with Crippen LogP contribution in [0.1, 0.15) is 56.2 Å². The number of likely N-dealkylation sites (tertiary alicyclic amines) is 1. The Bertz CT molecular complexity index is 998. The van der Waals surface area contributed by atoms with Gasteiger partial charge in [-0.3, -0.25) is 4.79 Å². The van der Waals surface area contributed by atoms with Gasteiger partial charge in [-0.1, -0.05) is 56.3 Å². The molecule has 1 fully saturated rings. The second kappa shape index (κ2) is 13.1. The number of rotatable bonds is 10. The van der Waals surface area contributed by atoms with Crippen molar-refractivity contribution in [3.05, 3.63) is 77.9 Å². The third kappa shape index (κ3) is 7.69. The van der Waals surface area contributed by atoms with E-state index >= 15 is 0 Å². The maximum atomic E-state index is 13.6. The van der Waals surface area contributed by atoms with E-state index in [1.165, 1.54) is 18.9 Å². The first kappa shape index (κ1) is 26.5. The maximum absolute atomic E-state index is 13.6. The number of hydrogen-bond acceptors (Lipinski definition) is 3. The third-order valence-corrected chi connectivity index (χ3v) is 6.90. The molecule has 0 spiro atoms. The minimum atomic E-state index is -0.206. The van der Waals surface area contributed by atoms with Crippen molar-refractivity contribution in [2.24, 2.45) is 0 Å². The highest BCUT2D eigenvalue weighted by molar-refractivity contribution is 5.89. The van der Waals surface area contributed by atoms with Crippen molar-refractivity contribution < 1.29 is 9.59 Å². The van der Waals surface area contributed by atoms with Crippen LogP contribution in [0.4, 0.5) is 10.5 Å². The molecule has 6 heteroatoms. The Kier molecular flexibility index (Phi) is 9.91. The number of piperidine rings is 1. The van der Waals surface area contributed by atoms with Gasteiger partial charge < -0.3 is 20.4 Å². The summed E-state index contributed by atoms with van der Waals surface area (Å²) in [7, 11) is 0. The number of nitrogens with zero attached hydrogens (tertiary/aromatic N) is 2. The van der Waals surface area contributed by atoms with Crippen molar-refractivity contribution in [1.82, 2.24) is 15.1 Å². The SMILES string of the molecule is C=CC(=O)NCc1ccccc1CN(C(=O)Nc1cccc(C)c1)C1CCN(C(C)CCC)CC1. The molecule has 188 valence electrons. The number of benzene rings is 2. The van der Waals surface area contributed by atoms with Gasteiger partial charge in [0.1, 0.15) is 0 Å². The largest absolute Gasteiger partial charge is 0.348 e. The van der Waals surface area contributed by atoms with Gasteiger partial charge in [0.05, 0.1) is 0 Å². The van der Waals surface area contributed by atoms with E-state index in [1.54, 1.807) is 0 Å². The van der Waals surface area contributed by atoms with Gasteiger partial charge in [0, 0.05) is 44.0 Å². The van der Waals surface area contributed by atoms with Gasteiger partial charge in [0.15, 0.2) is 0 Å². The number of urea groups is 1. The van der Waals surface area contributed by atoms with Gasteiger partial charge in [-0.15, -0.1) is 0 Å². The van der Waals surface area contributed by atoms with Crippen molar-refractivity contribution >= 4 is 17.6 Å². The van der Waals surface area contributed by atoms with E-state index in [0.717, 1.165) is 48.3 Å². The zero-order chi connectivity index (χ0) is 25.2. The van der Waals surface area contributed by atoms with Gasteiger partial charge in [-0.05, 0) is 68.0 Å². The maximum Gasteiger partial charge on any atom is 0.322 e. The summed E-state index contributed by atoms with van der Waals surface area (Å²) in [6.45, 7) is 13.0. The third-order valence-electron chi connectivity index (χ3n) is 6.90. The van der Waals surface area contributed by atoms with Crippen molar-refractivity contribution in [3.8, 4) is 0 Å². The van der Waals surface area contributed by atoms with Crippen LogP contribution >= 0.6 is 0 Å². The van der Waals surface area contributed by atoms with Crippen LogP contribution in [0.15, 0.2) is 61.2 Å². The lowest BCUT2D eigenvalue weighted by molar-refractivity contribution is -0.116. The van der Waals surface area contributed by atoms with E-state index in [-0.39, 0.29) is 18.0 Å². The standard InChI is InChI=1S/C29H40N4O2/c1-5-10-23(4)32-17-15-27(16-18-32)33(29(35)31-26-14-9-11-22(3)19-26)21-25-13-8-7-12-24(25)20-30-28(34)6-2/h6-9,11-14,19,23,27H,2,5,10,15-18,20-21H2,1,3-4H3,(H,30,34)(H,31,35). The van der Waals surface area contributed by atoms with Crippen LogP contribution in [0.25, 0.3) is 0 Å². The van der Waals surface area contributed by atoms with Crippen LogP contribution in [-0.4, -0.2) is 46.9 Å². The highest BCUT2D eigenvalue weighted by atomic mass is 16.2. The van der Waals surface area contributed by atoms with Gasteiger partial charge in [0.2, 0.25) is 5.91 Å². The van der Waals surface area contributed by atoms with Gasteiger partial charge in [-0.25, -0.2) is 4.79 Å². The summed E-state index contributed by atoms with van der Waals surface area (Å²) in [6, 6.07) is 16.5. The monoisotopic (exact) mass is 476 g/mol. The number of amides is 3. The molecule has 0 saturated carbocycles. The van der Waals surface area contributed by atoms with Crippen molar-refractivity contribution in [3.63, 3.8) is 0 Å². The van der Waals surface area contributed by atoms with Gasteiger partial charge in [0.25, 0.3) is 0 Å². The number of carbonyl (C=O) groups excluding carboxylic acids is 2. The number of hydrogen-bond donors (Lipinski definition) is 2. The molecule has 1 saturated heterocycles. The Balaban J connectivity index is 1.79. The highest BCUT2D eigenvalue weighted by Gasteiger charge is 2.30. The molecule has 2 aromatic carbocycles. The molecule has 6 nitrogen and oxygen atoms in total. The fraction of sp³-hybridized carbons (Fsp3) is 0.448. The average Bonchev–Trinajstić information content (AvgIpc) is 2.86. The fourth-order valence-electron chi connectivity index (χ4n) is 4.85. The first-order valence-electron chi connectivity index (χ1n) is 12.8. The van der Waals surface area contributed by atoms with Gasteiger partial charge >= 0.3 is 6.03 Å². The smallest absolute Gasteiger partial charge is 0.322 e.